The molecular weight excluding hydrogens is 286 g/mol. The fourth-order valence-electron chi connectivity index (χ4n) is 2.35. The van der Waals surface area contributed by atoms with Gasteiger partial charge in [0.25, 0.3) is 0 Å². The Bertz CT molecular complexity index is 505. The van der Waals surface area contributed by atoms with Crippen LogP contribution in [0, 0.1) is 5.92 Å². The van der Waals surface area contributed by atoms with Crippen LogP contribution in [0.4, 0.5) is 0 Å². The number of carbonyl (C=O) groups excluding carboxylic acids is 1. The van der Waals surface area contributed by atoms with Gasteiger partial charge in [0.05, 0.1) is 19.8 Å². The Morgan fingerprint density at radius 2 is 2.14 bits per heavy atom. The van der Waals surface area contributed by atoms with E-state index in [2.05, 4.69) is 0 Å². The van der Waals surface area contributed by atoms with Crippen molar-refractivity contribution >= 4 is 11.9 Å². The summed E-state index contributed by atoms with van der Waals surface area (Å²) in [5, 5.41) is 9.17. The van der Waals surface area contributed by atoms with Crippen molar-refractivity contribution in [1.29, 1.82) is 0 Å². The predicted molar refractivity (Wildman–Crippen MR) is 79.7 cm³/mol. The Hall–Kier alpha value is -2.08. The molecular formula is C16H21NO5. The minimum atomic E-state index is -1.03. The number of nitrogens with zero attached hydrogens (tertiary/aromatic N) is 1. The fraction of sp³-hybridized carbons (Fsp3) is 0.500. The normalized spacial score (nSPS) is 19.5. The van der Waals surface area contributed by atoms with Crippen molar-refractivity contribution in [3.8, 4) is 5.75 Å². The number of carboxylic acids is 1. The quantitative estimate of drug-likeness (QED) is 0.860. The van der Waals surface area contributed by atoms with E-state index < -0.39 is 12.0 Å². The lowest BCUT2D eigenvalue weighted by atomic mass is 10.0. The van der Waals surface area contributed by atoms with E-state index in [4.69, 9.17) is 14.6 Å². The minimum Gasteiger partial charge on any atom is -0.494 e. The molecule has 1 aliphatic heterocycles. The molecule has 1 aromatic carbocycles. The maximum atomic E-state index is 12.4. The van der Waals surface area contributed by atoms with E-state index in [1.807, 2.05) is 30.3 Å². The van der Waals surface area contributed by atoms with E-state index >= 15 is 0 Å². The van der Waals surface area contributed by atoms with Crippen molar-refractivity contribution in [2.75, 3.05) is 26.4 Å². The average molecular weight is 307 g/mol. The molecule has 1 amide bonds. The summed E-state index contributed by atoms with van der Waals surface area (Å²) in [6.45, 7) is 2.96. The summed E-state index contributed by atoms with van der Waals surface area (Å²) >= 11 is 0. The first-order chi connectivity index (χ1) is 10.6. The van der Waals surface area contributed by atoms with Crippen LogP contribution >= 0.6 is 0 Å². The third-order valence-electron chi connectivity index (χ3n) is 3.68. The van der Waals surface area contributed by atoms with Gasteiger partial charge in [-0.3, -0.25) is 4.79 Å². The van der Waals surface area contributed by atoms with Gasteiger partial charge in [0, 0.05) is 12.5 Å². The van der Waals surface area contributed by atoms with Gasteiger partial charge in [0.2, 0.25) is 5.91 Å². The molecule has 22 heavy (non-hydrogen) atoms. The summed E-state index contributed by atoms with van der Waals surface area (Å²) in [5.74, 6) is -0.714. The van der Waals surface area contributed by atoms with Crippen LogP contribution in [-0.2, 0) is 14.3 Å². The molecule has 1 fully saturated rings. The molecule has 6 nitrogen and oxygen atoms in total. The van der Waals surface area contributed by atoms with Gasteiger partial charge >= 0.3 is 5.97 Å². The van der Waals surface area contributed by atoms with Gasteiger partial charge < -0.3 is 19.5 Å². The lowest BCUT2D eigenvalue weighted by Crippen LogP contribution is -2.54. The molecule has 2 rings (SSSR count). The smallest absolute Gasteiger partial charge is 0.328 e. The zero-order chi connectivity index (χ0) is 15.9. The Kier molecular flexibility index (Phi) is 5.77. The molecule has 6 heteroatoms. The van der Waals surface area contributed by atoms with Gasteiger partial charge in [-0.2, -0.15) is 0 Å². The molecule has 0 radical (unpaired) electrons. The first kappa shape index (κ1) is 16.3. The standard InChI is InChI=1S/C16H21NO5/c1-12(7-9-22-13-5-3-2-4-6-13)15(18)17-8-10-21-11-14(17)16(19)20/h2-6,12,14H,7-11H2,1H3,(H,19,20)/t12-,14-/m0/s1. The number of hydrogen-bond acceptors (Lipinski definition) is 4. The molecule has 0 aromatic heterocycles. The summed E-state index contributed by atoms with van der Waals surface area (Å²) in [6.07, 6.45) is 0.539. The van der Waals surface area contributed by atoms with Crippen LogP contribution in [0.2, 0.25) is 0 Å². The van der Waals surface area contributed by atoms with E-state index in [1.165, 1.54) is 4.90 Å². The number of para-hydroxylation sites is 1. The molecule has 1 saturated heterocycles. The first-order valence-corrected chi connectivity index (χ1v) is 7.38. The minimum absolute atomic E-state index is 0.0499. The largest absolute Gasteiger partial charge is 0.494 e. The Morgan fingerprint density at radius 1 is 1.41 bits per heavy atom. The van der Waals surface area contributed by atoms with Crippen LogP contribution in [0.1, 0.15) is 13.3 Å². The Balaban J connectivity index is 1.84. The van der Waals surface area contributed by atoms with Gasteiger partial charge in [-0.05, 0) is 18.6 Å². The third kappa shape index (κ3) is 4.21. The molecule has 1 heterocycles. The zero-order valence-corrected chi connectivity index (χ0v) is 12.6. The van der Waals surface area contributed by atoms with Gasteiger partial charge in [0.1, 0.15) is 5.75 Å². The van der Waals surface area contributed by atoms with Crippen LogP contribution in [-0.4, -0.2) is 54.3 Å². The Morgan fingerprint density at radius 3 is 2.82 bits per heavy atom. The van der Waals surface area contributed by atoms with Crippen molar-refractivity contribution in [3.05, 3.63) is 30.3 Å². The van der Waals surface area contributed by atoms with Crippen molar-refractivity contribution in [3.63, 3.8) is 0 Å². The van der Waals surface area contributed by atoms with Gasteiger partial charge in [-0.1, -0.05) is 25.1 Å². The highest BCUT2D eigenvalue weighted by atomic mass is 16.5. The molecule has 0 saturated carbocycles. The molecule has 1 aromatic rings. The van der Waals surface area contributed by atoms with E-state index in [0.717, 1.165) is 5.75 Å². The second-order valence-electron chi connectivity index (χ2n) is 5.31. The lowest BCUT2D eigenvalue weighted by molar-refractivity contribution is -0.160. The predicted octanol–water partition coefficient (Wildman–Crippen LogP) is 1.40. The van der Waals surface area contributed by atoms with Gasteiger partial charge in [-0.15, -0.1) is 0 Å². The van der Waals surface area contributed by atoms with E-state index in [1.54, 1.807) is 6.92 Å². The van der Waals surface area contributed by atoms with E-state index in [9.17, 15) is 9.59 Å². The van der Waals surface area contributed by atoms with Crippen LogP contribution in [0.15, 0.2) is 30.3 Å². The topological polar surface area (TPSA) is 76.1 Å². The summed E-state index contributed by atoms with van der Waals surface area (Å²) in [6, 6.07) is 8.50. The molecule has 0 bridgehead atoms. The maximum absolute atomic E-state index is 12.4. The number of carbonyl (C=O) groups is 2. The number of benzene rings is 1. The van der Waals surface area contributed by atoms with Crippen molar-refractivity contribution < 1.29 is 24.2 Å². The monoisotopic (exact) mass is 307 g/mol. The molecule has 0 spiro atoms. The third-order valence-corrected chi connectivity index (χ3v) is 3.68. The highest BCUT2D eigenvalue weighted by Crippen LogP contribution is 2.16. The van der Waals surface area contributed by atoms with Crippen molar-refractivity contribution in [2.24, 2.45) is 5.92 Å². The fourth-order valence-corrected chi connectivity index (χ4v) is 2.35. The highest BCUT2D eigenvalue weighted by Gasteiger charge is 2.34. The molecule has 0 unspecified atom stereocenters. The molecule has 2 atom stereocenters. The van der Waals surface area contributed by atoms with Gasteiger partial charge in [-0.25, -0.2) is 4.79 Å². The number of morpholine rings is 1. The number of ether oxygens (including phenoxy) is 2. The van der Waals surface area contributed by atoms with Crippen molar-refractivity contribution in [2.45, 2.75) is 19.4 Å². The second-order valence-corrected chi connectivity index (χ2v) is 5.31. The number of aliphatic carboxylic acids is 1. The summed E-state index contributed by atoms with van der Waals surface area (Å²) in [5.41, 5.74) is 0. The lowest BCUT2D eigenvalue weighted by Gasteiger charge is -2.34. The second kappa shape index (κ2) is 7.79. The van der Waals surface area contributed by atoms with Gasteiger partial charge in [0.15, 0.2) is 6.04 Å². The summed E-state index contributed by atoms with van der Waals surface area (Å²) in [4.78, 5) is 25.0. The number of carboxylic acid groups (broad SMARTS) is 1. The molecule has 0 aliphatic carbocycles. The highest BCUT2D eigenvalue weighted by molar-refractivity contribution is 5.85. The molecule has 1 N–H and O–H groups in total. The average Bonchev–Trinajstić information content (AvgIpc) is 2.55. The summed E-state index contributed by atoms with van der Waals surface area (Å²) < 4.78 is 10.7. The Labute approximate surface area is 129 Å². The van der Waals surface area contributed by atoms with Crippen LogP contribution < -0.4 is 4.74 Å². The number of hydrogen-bond donors (Lipinski definition) is 1. The molecule has 1 aliphatic rings. The van der Waals surface area contributed by atoms with Crippen LogP contribution in [0.25, 0.3) is 0 Å². The van der Waals surface area contributed by atoms with E-state index in [0.29, 0.717) is 26.2 Å². The zero-order valence-electron chi connectivity index (χ0n) is 12.6. The maximum Gasteiger partial charge on any atom is 0.328 e. The van der Waals surface area contributed by atoms with E-state index in [-0.39, 0.29) is 18.4 Å². The SMILES string of the molecule is C[C@@H](CCOc1ccccc1)C(=O)N1CCOC[C@H]1C(=O)O. The van der Waals surface area contributed by atoms with Crippen molar-refractivity contribution in [1.82, 2.24) is 4.90 Å². The van der Waals surface area contributed by atoms with Crippen LogP contribution in [0.3, 0.4) is 0 Å². The van der Waals surface area contributed by atoms with Crippen LogP contribution in [0.5, 0.6) is 5.75 Å². The number of rotatable bonds is 6. The number of amides is 1. The first-order valence-electron chi connectivity index (χ1n) is 7.38. The summed E-state index contributed by atoms with van der Waals surface area (Å²) in [7, 11) is 0. The molecule has 120 valence electrons.